The van der Waals surface area contributed by atoms with E-state index in [4.69, 9.17) is 9.97 Å². The molecule has 0 unspecified atom stereocenters. The van der Waals surface area contributed by atoms with Gasteiger partial charge in [0.15, 0.2) is 0 Å². The van der Waals surface area contributed by atoms with Crippen molar-refractivity contribution < 1.29 is 0 Å². The normalized spacial score (nSPS) is 11.6. The fraction of sp³-hybridized carbons (Fsp3) is 0.0909. The molecule has 2 aromatic carbocycles. The summed E-state index contributed by atoms with van der Waals surface area (Å²) in [5, 5.41) is 1.09. The van der Waals surface area contributed by atoms with Crippen LogP contribution >= 0.6 is 0 Å². The predicted molar refractivity (Wildman–Crippen MR) is 103 cm³/mol. The number of aryl methyl sites for hydroxylation is 2. The molecule has 25 heavy (non-hydrogen) atoms. The summed E-state index contributed by atoms with van der Waals surface area (Å²) < 4.78 is 2.17. The number of para-hydroxylation sites is 1. The van der Waals surface area contributed by atoms with E-state index in [1.165, 1.54) is 5.56 Å². The van der Waals surface area contributed by atoms with Crippen LogP contribution < -0.4 is 0 Å². The zero-order chi connectivity index (χ0) is 17.0. The van der Waals surface area contributed by atoms with E-state index in [9.17, 15) is 0 Å². The zero-order valence-corrected chi connectivity index (χ0v) is 14.2. The molecule has 3 heterocycles. The molecule has 0 atom stereocenters. The molecule has 0 N–H and O–H groups in total. The van der Waals surface area contributed by atoms with Gasteiger partial charge in [-0.3, -0.25) is 4.40 Å². The van der Waals surface area contributed by atoms with Crippen LogP contribution in [0.5, 0.6) is 0 Å². The van der Waals surface area contributed by atoms with Gasteiger partial charge in [0.1, 0.15) is 11.2 Å². The highest BCUT2D eigenvalue weighted by atomic mass is 15.0. The van der Waals surface area contributed by atoms with Crippen molar-refractivity contribution in [3.05, 3.63) is 78.0 Å². The Labute approximate surface area is 145 Å². The number of aromatic nitrogens is 3. The van der Waals surface area contributed by atoms with E-state index >= 15 is 0 Å². The predicted octanol–water partition coefficient (Wildman–Crippen LogP) is 5.32. The molecule has 3 heteroatoms. The second-order valence-electron chi connectivity index (χ2n) is 6.54. The van der Waals surface area contributed by atoms with Crippen molar-refractivity contribution in [1.29, 1.82) is 0 Å². The van der Waals surface area contributed by atoms with Crippen LogP contribution in [0.3, 0.4) is 0 Å². The van der Waals surface area contributed by atoms with E-state index < -0.39 is 0 Å². The highest BCUT2D eigenvalue weighted by Gasteiger charge is 2.16. The van der Waals surface area contributed by atoms with Gasteiger partial charge in [-0.15, -0.1) is 0 Å². The molecule has 0 radical (unpaired) electrons. The van der Waals surface area contributed by atoms with E-state index in [1.54, 1.807) is 0 Å². The van der Waals surface area contributed by atoms with E-state index in [0.717, 1.165) is 44.4 Å². The molecule has 0 aliphatic carbocycles. The van der Waals surface area contributed by atoms with Gasteiger partial charge >= 0.3 is 0 Å². The minimum atomic E-state index is 0.978. The minimum absolute atomic E-state index is 0.978. The van der Waals surface area contributed by atoms with Crippen molar-refractivity contribution in [2.75, 3.05) is 0 Å². The number of rotatable bonds is 1. The summed E-state index contributed by atoms with van der Waals surface area (Å²) in [6.07, 6.45) is 2.08. The maximum atomic E-state index is 4.99. The number of pyridine rings is 2. The second kappa shape index (κ2) is 5.15. The van der Waals surface area contributed by atoms with E-state index in [-0.39, 0.29) is 0 Å². The van der Waals surface area contributed by atoms with Gasteiger partial charge in [-0.05, 0) is 31.5 Å². The molecule has 3 aromatic heterocycles. The first-order valence-electron chi connectivity index (χ1n) is 8.45. The van der Waals surface area contributed by atoms with Crippen LogP contribution in [0.2, 0.25) is 0 Å². The molecule has 120 valence electrons. The minimum Gasteiger partial charge on any atom is -0.297 e. The molecule has 0 bridgehead atoms. The number of hydrogen-bond donors (Lipinski definition) is 0. The monoisotopic (exact) mass is 323 g/mol. The third-order valence-electron chi connectivity index (χ3n) is 4.79. The van der Waals surface area contributed by atoms with Crippen LogP contribution in [0.25, 0.3) is 38.8 Å². The molecule has 0 saturated heterocycles. The van der Waals surface area contributed by atoms with Crippen molar-refractivity contribution in [2.45, 2.75) is 13.8 Å². The average Bonchev–Trinajstić information content (AvgIpc) is 3.03. The Morgan fingerprint density at radius 1 is 0.800 bits per heavy atom. The van der Waals surface area contributed by atoms with Gasteiger partial charge in [0, 0.05) is 17.1 Å². The molecule has 0 aliphatic heterocycles. The Morgan fingerprint density at radius 3 is 2.44 bits per heavy atom. The standard InChI is InChI=1S/C22H17N3/c1-14-9-11-16(12-10-14)19-21-20(17-7-3-4-8-18(17)23-19)24-22-15(2)6-5-13-25(21)22/h3-13H,1-2H3. The molecule has 0 amide bonds. The largest absolute Gasteiger partial charge is 0.297 e. The highest BCUT2D eigenvalue weighted by molar-refractivity contribution is 6.09. The summed E-state index contributed by atoms with van der Waals surface area (Å²) in [5.74, 6) is 0. The molecule has 3 nitrogen and oxygen atoms in total. The van der Waals surface area contributed by atoms with E-state index in [0.29, 0.717) is 0 Å². The summed E-state index contributed by atoms with van der Waals surface area (Å²) in [5.41, 5.74) is 8.55. The number of nitrogens with zero attached hydrogens (tertiary/aromatic N) is 3. The Hall–Kier alpha value is -3.20. The third-order valence-corrected chi connectivity index (χ3v) is 4.79. The van der Waals surface area contributed by atoms with Crippen molar-refractivity contribution in [2.24, 2.45) is 0 Å². The molecule has 0 saturated carbocycles. The average molecular weight is 323 g/mol. The maximum absolute atomic E-state index is 4.99. The zero-order valence-electron chi connectivity index (χ0n) is 14.2. The fourth-order valence-corrected chi connectivity index (χ4v) is 3.48. The summed E-state index contributed by atoms with van der Waals surface area (Å²) in [4.78, 5) is 9.96. The maximum Gasteiger partial charge on any atom is 0.140 e. The molecule has 0 spiro atoms. The molecule has 5 rings (SSSR count). The van der Waals surface area contributed by atoms with Gasteiger partial charge in [0.25, 0.3) is 0 Å². The van der Waals surface area contributed by atoms with Crippen LogP contribution in [-0.4, -0.2) is 14.4 Å². The summed E-state index contributed by atoms with van der Waals surface area (Å²) in [6.45, 7) is 4.20. The Balaban J connectivity index is 2.03. The Morgan fingerprint density at radius 2 is 1.60 bits per heavy atom. The summed E-state index contributed by atoms with van der Waals surface area (Å²) in [6, 6.07) is 20.9. The van der Waals surface area contributed by atoms with Gasteiger partial charge in [-0.25, -0.2) is 9.97 Å². The lowest BCUT2D eigenvalue weighted by molar-refractivity contribution is 1.19. The van der Waals surface area contributed by atoms with Crippen LogP contribution in [0.15, 0.2) is 66.9 Å². The lowest BCUT2D eigenvalue weighted by atomic mass is 10.1. The number of fused-ring (bicyclic) bond motifs is 5. The smallest absolute Gasteiger partial charge is 0.140 e. The van der Waals surface area contributed by atoms with Gasteiger partial charge in [-0.2, -0.15) is 0 Å². The van der Waals surface area contributed by atoms with Crippen molar-refractivity contribution in [3.63, 3.8) is 0 Å². The SMILES string of the molecule is Cc1ccc(-c2nc3ccccc3c3nc4c(C)cccn4c23)cc1. The van der Waals surface area contributed by atoms with Gasteiger partial charge in [-0.1, -0.05) is 54.1 Å². The molecular weight excluding hydrogens is 306 g/mol. The number of imidazole rings is 1. The van der Waals surface area contributed by atoms with Crippen LogP contribution in [0.1, 0.15) is 11.1 Å². The first-order valence-corrected chi connectivity index (χ1v) is 8.45. The topological polar surface area (TPSA) is 30.2 Å². The number of hydrogen-bond acceptors (Lipinski definition) is 2. The third kappa shape index (κ3) is 2.06. The first kappa shape index (κ1) is 14.2. The van der Waals surface area contributed by atoms with Crippen LogP contribution in [0.4, 0.5) is 0 Å². The number of benzene rings is 2. The van der Waals surface area contributed by atoms with E-state index in [2.05, 4.69) is 73.0 Å². The Bertz CT molecular complexity index is 1250. The molecule has 0 fully saturated rings. The Kier molecular flexibility index (Phi) is 2.92. The second-order valence-corrected chi connectivity index (χ2v) is 6.54. The van der Waals surface area contributed by atoms with Crippen molar-refractivity contribution in [3.8, 4) is 11.3 Å². The lowest BCUT2D eigenvalue weighted by Gasteiger charge is -2.08. The highest BCUT2D eigenvalue weighted by Crippen LogP contribution is 2.33. The summed E-state index contributed by atoms with van der Waals surface area (Å²) in [7, 11) is 0. The van der Waals surface area contributed by atoms with Gasteiger partial charge in [0.05, 0.1) is 16.7 Å². The fourth-order valence-electron chi connectivity index (χ4n) is 3.48. The molecular formula is C22H17N3. The van der Waals surface area contributed by atoms with Crippen molar-refractivity contribution in [1.82, 2.24) is 14.4 Å². The van der Waals surface area contributed by atoms with Crippen LogP contribution in [-0.2, 0) is 0 Å². The summed E-state index contributed by atoms with van der Waals surface area (Å²) >= 11 is 0. The molecule has 0 aliphatic rings. The van der Waals surface area contributed by atoms with Crippen molar-refractivity contribution >= 4 is 27.6 Å². The molecule has 5 aromatic rings. The first-order chi connectivity index (χ1) is 12.2. The quantitative estimate of drug-likeness (QED) is 0.418. The van der Waals surface area contributed by atoms with Crippen LogP contribution in [0, 0.1) is 13.8 Å². The van der Waals surface area contributed by atoms with E-state index in [1.807, 2.05) is 12.1 Å². The van der Waals surface area contributed by atoms with Gasteiger partial charge < -0.3 is 0 Å². The lowest BCUT2D eigenvalue weighted by Crippen LogP contribution is -1.92. The van der Waals surface area contributed by atoms with Gasteiger partial charge in [0.2, 0.25) is 0 Å².